The molecule has 1 aromatic carbocycles. The molecule has 0 fully saturated rings. The Morgan fingerprint density at radius 3 is 2.69 bits per heavy atom. The molecule has 4 rings (SSSR count). The maximum absolute atomic E-state index is 12.7. The van der Waals surface area contributed by atoms with Gasteiger partial charge in [0.15, 0.2) is 0 Å². The number of carbonyl (C=O) groups is 1. The zero-order valence-electron chi connectivity index (χ0n) is 15.3. The highest BCUT2D eigenvalue weighted by Gasteiger charge is 2.29. The van der Waals surface area contributed by atoms with Crippen LogP contribution in [0.15, 0.2) is 34.9 Å². The van der Waals surface area contributed by atoms with E-state index in [9.17, 15) is 4.79 Å². The molecule has 0 radical (unpaired) electrons. The summed E-state index contributed by atoms with van der Waals surface area (Å²) in [5.74, 6) is 1.12. The van der Waals surface area contributed by atoms with Crippen LogP contribution in [-0.4, -0.2) is 23.0 Å². The summed E-state index contributed by atoms with van der Waals surface area (Å²) in [6.07, 6.45) is 3.85. The van der Waals surface area contributed by atoms with Crippen molar-refractivity contribution in [3.63, 3.8) is 0 Å². The minimum Gasteiger partial charge on any atom is -0.481 e. The smallest absolute Gasteiger partial charge is 0.251 e. The molecule has 0 bridgehead atoms. The second kappa shape index (κ2) is 8.22. The van der Waals surface area contributed by atoms with E-state index in [1.165, 1.54) is 13.3 Å². The van der Waals surface area contributed by atoms with Crippen LogP contribution in [0.25, 0.3) is 11.5 Å². The van der Waals surface area contributed by atoms with E-state index in [4.69, 9.17) is 44.0 Å². The van der Waals surface area contributed by atoms with Crippen molar-refractivity contribution in [3.05, 3.63) is 62.5 Å². The van der Waals surface area contributed by atoms with E-state index in [0.717, 1.165) is 25.0 Å². The lowest BCUT2D eigenvalue weighted by atomic mass is 9.96. The molecule has 0 saturated heterocycles. The summed E-state index contributed by atoms with van der Waals surface area (Å²) in [4.78, 5) is 21.4. The maximum Gasteiger partial charge on any atom is 0.251 e. The highest BCUT2D eigenvalue weighted by molar-refractivity contribution is 6.35. The quantitative estimate of drug-likeness (QED) is 0.564. The van der Waals surface area contributed by atoms with Gasteiger partial charge in [0.2, 0.25) is 11.8 Å². The number of hydrogen-bond donors (Lipinski definition) is 1. The van der Waals surface area contributed by atoms with Gasteiger partial charge in [-0.05, 0) is 37.5 Å². The van der Waals surface area contributed by atoms with Gasteiger partial charge in [0, 0.05) is 21.7 Å². The largest absolute Gasteiger partial charge is 0.481 e. The molecule has 3 aromatic rings. The zero-order valence-corrected chi connectivity index (χ0v) is 17.6. The second-order valence-corrected chi connectivity index (χ2v) is 7.89. The van der Waals surface area contributed by atoms with Crippen LogP contribution < -0.4 is 10.1 Å². The molecule has 1 atom stereocenters. The van der Waals surface area contributed by atoms with Crippen molar-refractivity contribution in [1.82, 2.24) is 15.3 Å². The topological polar surface area (TPSA) is 77.3 Å². The number of nitrogens with zero attached hydrogens (tertiary/aromatic N) is 2. The van der Waals surface area contributed by atoms with Crippen LogP contribution in [0.3, 0.4) is 0 Å². The molecule has 1 aliphatic rings. The van der Waals surface area contributed by atoms with Crippen LogP contribution in [-0.2, 0) is 6.42 Å². The number of benzene rings is 1. The van der Waals surface area contributed by atoms with Crippen molar-refractivity contribution in [2.45, 2.75) is 25.3 Å². The Morgan fingerprint density at radius 1 is 1.21 bits per heavy atom. The number of carbonyl (C=O) groups excluding carboxylic acids is 1. The first-order valence-corrected chi connectivity index (χ1v) is 10.0. The normalized spacial score (nSPS) is 15.7. The van der Waals surface area contributed by atoms with Gasteiger partial charge < -0.3 is 14.5 Å². The highest BCUT2D eigenvalue weighted by Crippen LogP contribution is 2.36. The summed E-state index contributed by atoms with van der Waals surface area (Å²) in [5, 5.41) is 4.19. The molecule has 2 heterocycles. The van der Waals surface area contributed by atoms with E-state index < -0.39 is 0 Å². The van der Waals surface area contributed by atoms with Gasteiger partial charge in [0.25, 0.3) is 5.91 Å². The lowest BCUT2D eigenvalue weighted by Crippen LogP contribution is -2.30. The number of amides is 1. The second-order valence-electron chi connectivity index (χ2n) is 6.61. The number of pyridine rings is 1. The van der Waals surface area contributed by atoms with Crippen molar-refractivity contribution in [1.29, 1.82) is 0 Å². The SMILES string of the molecule is COc1cc(-c2nc3c(o2)[C@H](NC(=O)c2cc(Cl)cc(Cl)c2)CCC3)c(Cl)cn1. The van der Waals surface area contributed by atoms with Gasteiger partial charge in [-0.15, -0.1) is 0 Å². The van der Waals surface area contributed by atoms with Gasteiger partial charge in [-0.3, -0.25) is 4.79 Å². The molecule has 0 aliphatic heterocycles. The van der Waals surface area contributed by atoms with Crippen molar-refractivity contribution in [2.24, 2.45) is 0 Å². The maximum atomic E-state index is 12.7. The molecule has 6 nitrogen and oxygen atoms in total. The van der Waals surface area contributed by atoms with Gasteiger partial charge in [0.05, 0.1) is 35.6 Å². The zero-order chi connectivity index (χ0) is 20.5. The van der Waals surface area contributed by atoms with Crippen molar-refractivity contribution >= 4 is 40.7 Å². The fraction of sp³-hybridized carbons (Fsp3) is 0.250. The van der Waals surface area contributed by atoms with E-state index in [2.05, 4.69) is 15.3 Å². The number of fused-ring (bicyclic) bond motifs is 1. The average Bonchev–Trinajstić information content (AvgIpc) is 3.12. The molecule has 1 aliphatic carbocycles. The van der Waals surface area contributed by atoms with Crippen LogP contribution in [0.2, 0.25) is 15.1 Å². The van der Waals surface area contributed by atoms with E-state index in [1.54, 1.807) is 24.3 Å². The standard InChI is InChI=1S/C20H16Cl3N3O3/c1-28-17-8-13(14(23)9-24-17)20-26-16-4-2-3-15(18(16)29-20)25-19(27)10-5-11(21)7-12(22)6-10/h5-9,15H,2-4H2,1H3,(H,25,27)/t15-/m1/s1. The van der Waals surface area contributed by atoms with Crippen LogP contribution in [0.5, 0.6) is 5.88 Å². The van der Waals surface area contributed by atoms with Crippen LogP contribution in [0.1, 0.15) is 40.7 Å². The predicted molar refractivity (Wildman–Crippen MR) is 111 cm³/mol. The minimum absolute atomic E-state index is 0.284. The number of hydrogen-bond acceptors (Lipinski definition) is 5. The third kappa shape index (κ3) is 4.20. The predicted octanol–water partition coefficient (Wildman–Crippen LogP) is 5.51. The molecule has 0 unspecified atom stereocenters. The first-order chi connectivity index (χ1) is 13.9. The summed E-state index contributed by atoms with van der Waals surface area (Å²) in [6.45, 7) is 0. The lowest BCUT2D eigenvalue weighted by Gasteiger charge is -2.21. The van der Waals surface area contributed by atoms with Crippen molar-refractivity contribution < 1.29 is 13.9 Å². The third-order valence-corrected chi connectivity index (χ3v) is 5.39. The summed E-state index contributed by atoms with van der Waals surface area (Å²) < 4.78 is 11.2. The molecule has 1 amide bonds. The van der Waals surface area contributed by atoms with Gasteiger partial charge in [-0.2, -0.15) is 0 Å². The summed E-state index contributed by atoms with van der Waals surface area (Å²) in [7, 11) is 1.52. The molecule has 2 aromatic heterocycles. The Balaban J connectivity index is 1.63. The molecular weight excluding hydrogens is 437 g/mol. The Kier molecular flexibility index (Phi) is 5.67. The third-order valence-electron chi connectivity index (χ3n) is 4.65. The summed E-state index contributed by atoms with van der Waals surface area (Å²) >= 11 is 18.3. The van der Waals surface area contributed by atoms with Crippen molar-refractivity contribution in [3.8, 4) is 17.3 Å². The number of oxazole rings is 1. The monoisotopic (exact) mass is 451 g/mol. The summed E-state index contributed by atoms with van der Waals surface area (Å²) in [6, 6.07) is 6.07. The Labute approximate surface area is 182 Å². The first-order valence-electron chi connectivity index (χ1n) is 8.91. The number of aromatic nitrogens is 2. The van der Waals surface area contributed by atoms with Crippen LogP contribution in [0.4, 0.5) is 0 Å². The Hall–Kier alpha value is -2.28. The number of ether oxygens (including phenoxy) is 1. The number of aryl methyl sites for hydroxylation is 1. The number of halogens is 3. The van der Waals surface area contributed by atoms with Gasteiger partial charge >= 0.3 is 0 Å². The van der Waals surface area contributed by atoms with E-state index in [0.29, 0.717) is 43.7 Å². The van der Waals surface area contributed by atoms with E-state index in [1.807, 2.05) is 0 Å². The highest BCUT2D eigenvalue weighted by atomic mass is 35.5. The Morgan fingerprint density at radius 2 is 1.97 bits per heavy atom. The first kappa shape index (κ1) is 20.0. The fourth-order valence-electron chi connectivity index (χ4n) is 3.29. The molecular formula is C20H16Cl3N3O3. The van der Waals surface area contributed by atoms with Gasteiger partial charge in [-0.25, -0.2) is 9.97 Å². The van der Waals surface area contributed by atoms with Gasteiger partial charge in [-0.1, -0.05) is 34.8 Å². The van der Waals surface area contributed by atoms with E-state index in [-0.39, 0.29) is 11.9 Å². The molecule has 29 heavy (non-hydrogen) atoms. The molecule has 9 heteroatoms. The number of nitrogens with one attached hydrogen (secondary N) is 1. The average molecular weight is 453 g/mol. The lowest BCUT2D eigenvalue weighted by molar-refractivity contribution is 0.0927. The Bertz CT molecular complexity index is 1060. The van der Waals surface area contributed by atoms with Crippen LogP contribution >= 0.6 is 34.8 Å². The molecule has 0 saturated carbocycles. The number of methoxy groups -OCH3 is 1. The van der Waals surface area contributed by atoms with E-state index >= 15 is 0 Å². The molecule has 150 valence electrons. The summed E-state index contributed by atoms with van der Waals surface area (Å²) in [5.41, 5.74) is 1.77. The molecule has 1 N–H and O–H groups in total. The molecule has 0 spiro atoms. The van der Waals surface area contributed by atoms with Crippen LogP contribution in [0, 0.1) is 0 Å². The minimum atomic E-state index is -0.312. The van der Waals surface area contributed by atoms with Gasteiger partial charge in [0.1, 0.15) is 5.76 Å². The number of rotatable bonds is 4. The fourth-order valence-corrected chi connectivity index (χ4v) is 4.00. The van der Waals surface area contributed by atoms with Crippen molar-refractivity contribution in [2.75, 3.05) is 7.11 Å².